The van der Waals surface area contributed by atoms with Crippen molar-refractivity contribution >= 4 is 0 Å². The lowest BCUT2D eigenvalue weighted by Gasteiger charge is -2.45. The van der Waals surface area contributed by atoms with Gasteiger partial charge in [-0.2, -0.15) is 0 Å². The van der Waals surface area contributed by atoms with Gasteiger partial charge >= 0.3 is 0 Å². The van der Waals surface area contributed by atoms with E-state index in [9.17, 15) is 30.6 Å². The van der Waals surface area contributed by atoms with Crippen LogP contribution in [0.15, 0.2) is 0 Å². The fraction of sp³-hybridized carbons (Fsp3) is 1.00. The fourth-order valence-corrected chi connectivity index (χ4v) is 2.96. The third kappa shape index (κ3) is 3.68. The van der Waals surface area contributed by atoms with Crippen LogP contribution in [0.1, 0.15) is 20.3 Å². The quantitative estimate of drug-likeness (QED) is 0.322. The molecular weight excluding hydrogens is 312 g/mol. The highest BCUT2D eigenvalue weighted by Crippen LogP contribution is 2.31. The summed E-state index contributed by atoms with van der Waals surface area (Å²) in [7, 11) is 0. The van der Waals surface area contributed by atoms with Gasteiger partial charge in [0.1, 0.15) is 24.4 Å². The molecule has 4 unspecified atom stereocenters. The molecule has 0 radical (unpaired) electrons. The summed E-state index contributed by atoms with van der Waals surface area (Å²) in [6.07, 6.45) is -10.6. The van der Waals surface area contributed by atoms with E-state index in [0.29, 0.717) is 6.42 Å². The first kappa shape index (κ1) is 19.0. The van der Waals surface area contributed by atoms with E-state index in [1.165, 1.54) is 0 Å². The maximum Gasteiger partial charge on any atom is 0.187 e. The van der Waals surface area contributed by atoms with Crippen LogP contribution in [0.5, 0.6) is 0 Å². The van der Waals surface area contributed by atoms with Crippen molar-refractivity contribution in [3.05, 3.63) is 0 Å². The van der Waals surface area contributed by atoms with Crippen molar-refractivity contribution in [2.24, 2.45) is 5.92 Å². The molecule has 10 atom stereocenters. The molecule has 0 bridgehead atoms. The third-order valence-electron chi connectivity index (χ3n) is 4.60. The average Bonchev–Trinajstić information content (AvgIpc) is 2.55. The van der Waals surface area contributed by atoms with Gasteiger partial charge in [0.25, 0.3) is 0 Å². The zero-order valence-corrected chi connectivity index (χ0v) is 13.1. The smallest absolute Gasteiger partial charge is 0.187 e. The number of hydrogen-bond donors (Lipinski definition) is 6. The Morgan fingerprint density at radius 1 is 0.870 bits per heavy atom. The molecule has 0 saturated carbocycles. The molecule has 2 saturated heterocycles. The van der Waals surface area contributed by atoms with Crippen molar-refractivity contribution in [3.8, 4) is 0 Å². The van der Waals surface area contributed by atoms with Gasteiger partial charge < -0.3 is 44.8 Å². The molecule has 0 spiro atoms. The monoisotopic (exact) mass is 338 g/mol. The lowest BCUT2D eigenvalue weighted by Crippen LogP contribution is -2.62. The molecule has 6 N–H and O–H groups in total. The Bertz CT molecular complexity index is 377. The predicted octanol–water partition coefficient (Wildman–Crippen LogP) is -2.70. The van der Waals surface area contributed by atoms with Crippen LogP contribution in [0.2, 0.25) is 0 Å². The SMILES string of the molecule is CCC1O[C@@H](O)C(O)[C@H](O)[C@H]1O[C@@H]1OC(CO)[C@H](C)[C@@H](O)C1O. The number of aliphatic hydroxyl groups is 6. The molecule has 9 heteroatoms. The van der Waals surface area contributed by atoms with Crippen LogP contribution in [0, 0.1) is 5.92 Å². The summed E-state index contributed by atoms with van der Waals surface area (Å²) in [6, 6.07) is 0. The molecule has 23 heavy (non-hydrogen) atoms. The van der Waals surface area contributed by atoms with Crippen molar-refractivity contribution in [2.75, 3.05) is 6.61 Å². The summed E-state index contributed by atoms with van der Waals surface area (Å²) in [5, 5.41) is 58.8. The Labute approximate surface area is 134 Å². The van der Waals surface area contributed by atoms with Gasteiger partial charge in [0.2, 0.25) is 0 Å². The van der Waals surface area contributed by atoms with E-state index in [-0.39, 0.29) is 6.61 Å². The maximum atomic E-state index is 10.1. The standard InChI is InChI=1S/C14H26O9/c1-3-6-12(9(17)10(18)13(20)21-6)23-14-11(19)8(16)5(2)7(4-15)22-14/h5-20H,3-4H2,1-2H3/t5-,6?,7?,8+,9-,10?,11?,12-,13+,14-/m0/s1. The second-order valence-corrected chi connectivity index (χ2v) is 6.12. The third-order valence-corrected chi connectivity index (χ3v) is 4.60. The molecular formula is C14H26O9. The first-order chi connectivity index (χ1) is 10.8. The summed E-state index contributed by atoms with van der Waals surface area (Å²) in [4.78, 5) is 0. The Morgan fingerprint density at radius 3 is 2.09 bits per heavy atom. The Morgan fingerprint density at radius 2 is 1.52 bits per heavy atom. The predicted molar refractivity (Wildman–Crippen MR) is 75.0 cm³/mol. The molecule has 2 aliphatic heterocycles. The Kier molecular flexibility index (Phi) is 6.34. The van der Waals surface area contributed by atoms with Gasteiger partial charge in [-0.15, -0.1) is 0 Å². The van der Waals surface area contributed by atoms with E-state index in [0.717, 1.165) is 0 Å². The van der Waals surface area contributed by atoms with Gasteiger partial charge in [-0.1, -0.05) is 13.8 Å². The van der Waals surface area contributed by atoms with E-state index in [1.54, 1.807) is 13.8 Å². The molecule has 0 amide bonds. The highest BCUT2D eigenvalue weighted by atomic mass is 16.7. The average molecular weight is 338 g/mol. The Balaban J connectivity index is 2.11. The summed E-state index contributed by atoms with van der Waals surface area (Å²) in [5.74, 6) is -0.503. The molecule has 2 aliphatic rings. The van der Waals surface area contributed by atoms with Crippen molar-refractivity contribution < 1.29 is 44.8 Å². The zero-order valence-electron chi connectivity index (χ0n) is 13.1. The maximum absolute atomic E-state index is 10.1. The topological polar surface area (TPSA) is 149 Å². The van der Waals surface area contributed by atoms with E-state index < -0.39 is 61.2 Å². The lowest BCUT2D eigenvalue weighted by atomic mass is 9.90. The normalized spacial score (nSPS) is 51.7. The minimum Gasteiger partial charge on any atom is -0.394 e. The Hall–Kier alpha value is -0.360. The van der Waals surface area contributed by atoms with Gasteiger partial charge in [0.15, 0.2) is 12.6 Å². The largest absolute Gasteiger partial charge is 0.394 e. The zero-order chi connectivity index (χ0) is 17.3. The van der Waals surface area contributed by atoms with Crippen LogP contribution in [0.25, 0.3) is 0 Å². The first-order valence-corrected chi connectivity index (χ1v) is 7.79. The molecule has 2 fully saturated rings. The second-order valence-electron chi connectivity index (χ2n) is 6.12. The van der Waals surface area contributed by atoms with Crippen LogP contribution in [-0.4, -0.2) is 92.6 Å². The van der Waals surface area contributed by atoms with Gasteiger partial charge in [0, 0.05) is 5.92 Å². The van der Waals surface area contributed by atoms with E-state index >= 15 is 0 Å². The summed E-state index contributed by atoms with van der Waals surface area (Å²) < 4.78 is 16.2. The molecule has 0 aromatic rings. The molecule has 9 nitrogen and oxygen atoms in total. The van der Waals surface area contributed by atoms with Crippen LogP contribution >= 0.6 is 0 Å². The fourth-order valence-electron chi connectivity index (χ4n) is 2.96. The summed E-state index contributed by atoms with van der Waals surface area (Å²) in [6.45, 7) is 3.00. The van der Waals surface area contributed by atoms with Gasteiger partial charge in [-0.3, -0.25) is 0 Å². The molecule has 0 aromatic heterocycles. The lowest BCUT2D eigenvalue weighted by molar-refractivity contribution is -0.348. The summed E-state index contributed by atoms with van der Waals surface area (Å²) >= 11 is 0. The molecule has 0 aliphatic carbocycles. The van der Waals surface area contributed by atoms with Crippen molar-refractivity contribution in [3.63, 3.8) is 0 Å². The number of rotatable bonds is 4. The van der Waals surface area contributed by atoms with Gasteiger partial charge in [-0.05, 0) is 6.42 Å². The van der Waals surface area contributed by atoms with Gasteiger partial charge in [-0.25, -0.2) is 0 Å². The molecule has 2 rings (SSSR count). The minimum atomic E-state index is -1.57. The van der Waals surface area contributed by atoms with Crippen molar-refractivity contribution in [1.29, 1.82) is 0 Å². The van der Waals surface area contributed by atoms with E-state index in [1.807, 2.05) is 0 Å². The number of hydrogen-bond acceptors (Lipinski definition) is 9. The highest BCUT2D eigenvalue weighted by molar-refractivity contribution is 4.92. The van der Waals surface area contributed by atoms with E-state index in [2.05, 4.69) is 0 Å². The second kappa shape index (κ2) is 7.68. The van der Waals surface area contributed by atoms with Crippen LogP contribution in [-0.2, 0) is 14.2 Å². The number of ether oxygens (including phenoxy) is 3. The molecule has 2 heterocycles. The minimum absolute atomic E-state index is 0.368. The van der Waals surface area contributed by atoms with Crippen LogP contribution in [0.4, 0.5) is 0 Å². The van der Waals surface area contributed by atoms with Crippen molar-refractivity contribution in [2.45, 2.75) is 75.6 Å². The van der Waals surface area contributed by atoms with Crippen molar-refractivity contribution in [1.82, 2.24) is 0 Å². The van der Waals surface area contributed by atoms with E-state index in [4.69, 9.17) is 14.2 Å². The molecule has 0 aromatic carbocycles. The van der Waals surface area contributed by atoms with Crippen LogP contribution < -0.4 is 0 Å². The number of aliphatic hydroxyl groups excluding tert-OH is 6. The van der Waals surface area contributed by atoms with Crippen LogP contribution in [0.3, 0.4) is 0 Å². The highest BCUT2D eigenvalue weighted by Gasteiger charge is 2.49. The summed E-state index contributed by atoms with van der Waals surface area (Å²) in [5.41, 5.74) is 0. The molecule has 136 valence electrons. The van der Waals surface area contributed by atoms with Gasteiger partial charge in [0.05, 0.1) is 24.9 Å². The first-order valence-electron chi connectivity index (χ1n) is 7.79.